The van der Waals surface area contributed by atoms with Gasteiger partial charge in [-0.1, -0.05) is 6.07 Å². The van der Waals surface area contributed by atoms with Gasteiger partial charge in [-0.25, -0.2) is 0 Å². The predicted octanol–water partition coefficient (Wildman–Crippen LogP) is 1.82. The number of carbonyl (C=O) groups excluding carboxylic acids is 1. The molecule has 2 aliphatic heterocycles. The second kappa shape index (κ2) is 7.18. The molecule has 114 valence electrons. The molecule has 0 saturated carbocycles. The molecule has 0 radical (unpaired) electrons. The largest absolute Gasteiger partial charge is 0.385 e. The number of benzene rings is 1. The first kappa shape index (κ1) is 14.7. The molecule has 0 aliphatic carbocycles. The minimum absolute atomic E-state index is 0.0712. The average Bonchev–Trinajstić information content (AvgIpc) is 2.55. The molecule has 0 aromatic heterocycles. The third-order valence-electron chi connectivity index (χ3n) is 4.16. The van der Waals surface area contributed by atoms with Gasteiger partial charge >= 0.3 is 0 Å². The summed E-state index contributed by atoms with van der Waals surface area (Å²) < 4.78 is 0. The van der Waals surface area contributed by atoms with Crippen molar-refractivity contribution in [1.29, 1.82) is 0 Å². The normalized spacial score (nSPS) is 18.7. The molecule has 0 bridgehead atoms. The number of carbonyl (C=O) groups is 1. The quantitative estimate of drug-likeness (QED) is 0.891. The van der Waals surface area contributed by atoms with Gasteiger partial charge in [-0.15, -0.1) is 0 Å². The van der Waals surface area contributed by atoms with Crippen LogP contribution in [0.3, 0.4) is 0 Å². The monoisotopic (exact) mass is 305 g/mol. The third kappa shape index (κ3) is 3.71. The minimum Gasteiger partial charge on any atom is -0.385 e. The first-order chi connectivity index (χ1) is 10.3. The summed E-state index contributed by atoms with van der Waals surface area (Å²) in [5.74, 6) is 2.50. The van der Waals surface area contributed by atoms with Crippen LogP contribution >= 0.6 is 11.8 Å². The van der Waals surface area contributed by atoms with Gasteiger partial charge in [0.1, 0.15) is 0 Å². The second-order valence-corrected chi connectivity index (χ2v) is 6.80. The highest BCUT2D eigenvalue weighted by Crippen LogP contribution is 2.25. The maximum atomic E-state index is 12.4. The van der Waals surface area contributed by atoms with Crippen molar-refractivity contribution in [2.24, 2.45) is 0 Å². The fourth-order valence-electron chi connectivity index (χ4n) is 2.97. The van der Waals surface area contributed by atoms with Crippen LogP contribution in [-0.4, -0.2) is 55.0 Å². The summed E-state index contributed by atoms with van der Waals surface area (Å²) in [5.41, 5.74) is 3.14. The zero-order valence-corrected chi connectivity index (χ0v) is 13.2. The number of thioether (sulfide) groups is 1. The van der Waals surface area contributed by atoms with Crippen molar-refractivity contribution in [3.8, 4) is 0 Å². The smallest absolute Gasteiger partial charge is 0.251 e. The summed E-state index contributed by atoms with van der Waals surface area (Å²) in [6.45, 7) is 4.99. The van der Waals surface area contributed by atoms with Crippen LogP contribution in [0, 0.1) is 0 Å². The predicted molar refractivity (Wildman–Crippen MR) is 89.4 cm³/mol. The molecule has 1 saturated heterocycles. The van der Waals surface area contributed by atoms with Crippen LogP contribution in [0.15, 0.2) is 18.2 Å². The van der Waals surface area contributed by atoms with Crippen LogP contribution in [0.1, 0.15) is 22.3 Å². The molecule has 0 spiro atoms. The van der Waals surface area contributed by atoms with Crippen LogP contribution in [0.25, 0.3) is 0 Å². The van der Waals surface area contributed by atoms with Gasteiger partial charge in [0.2, 0.25) is 0 Å². The number of nitrogens with zero attached hydrogens (tertiary/aromatic N) is 1. The zero-order valence-electron chi connectivity index (χ0n) is 12.4. The van der Waals surface area contributed by atoms with Crippen molar-refractivity contribution >= 4 is 23.4 Å². The van der Waals surface area contributed by atoms with Gasteiger partial charge in [-0.3, -0.25) is 9.69 Å². The summed E-state index contributed by atoms with van der Waals surface area (Å²) >= 11 is 2.01. The lowest BCUT2D eigenvalue weighted by Crippen LogP contribution is -2.39. The lowest BCUT2D eigenvalue weighted by molar-refractivity contribution is 0.0948. The molecule has 1 aromatic carbocycles. The van der Waals surface area contributed by atoms with E-state index in [1.807, 2.05) is 23.9 Å². The van der Waals surface area contributed by atoms with E-state index in [1.165, 1.54) is 17.1 Å². The van der Waals surface area contributed by atoms with E-state index in [-0.39, 0.29) is 5.91 Å². The Balaban J connectivity index is 1.55. The number of hydrogen-bond acceptors (Lipinski definition) is 4. The minimum atomic E-state index is 0.0712. The summed E-state index contributed by atoms with van der Waals surface area (Å²) in [7, 11) is 0. The lowest BCUT2D eigenvalue weighted by atomic mass is 9.97. The maximum Gasteiger partial charge on any atom is 0.251 e. The molecule has 0 unspecified atom stereocenters. The molecule has 1 aromatic rings. The van der Waals surface area contributed by atoms with Gasteiger partial charge in [-0.05, 0) is 30.5 Å². The van der Waals surface area contributed by atoms with E-state index >= 15 is 0 Å². The van der Waals surface area contributed by atoms with Gasteiger partial charge in [0.25, 0.3) is 5.91 Å². The van der Waals surface area contributed by atoms with Gasteiger partial charge in [0, 0.05) is 55.5 Å². The Hall–Kier alpha value is -1.20. The van der Waals surface area contributed by atoms with Crippen LogP contribution in [0.2, 0.25) is 0 Å². The molecular formula is C16H23N3OS. The Bertz CT molecular complexity index is 500. The molecule has 2 heterocycles. The fourth-order valence-corrected chi connectivity index (χ4v) is 3.95. The molecule has 2 N–H and O–H groups in total. The molecule has 4 nitrogen and oxygen atoms in total. The van der Waals surface area contributed by atoms with E-state index < -0.39 is 0 Å². The maximum absolute atomic E-state index is 12.4. The molecule has 1 amide bonds. The Labute approximate surface area is 130 Å². The van der Waals surface area contributed by atoms with Crippen molar-refractivity contribution in [1.82, 2.24) is 10.2 Å². The van der Waals surface area contributed by atoms with Crippen molar-refractivity contribution in [2.75, 3.05) is 49.5 Å². The summed E-state index contributed by atoms with van der Waals surface area (Å²) in [5, 5.41) is 6.46. The van der Waals surface area contributed by atoms with Crippen LogP contribution in [0.5, 0.6) is 0 Å². The van der Waals surface area contributed by atoms with Crippen molar-refractivity contribution in [2.45, 2.75) is 12.8 Å². The second-order valence-electron chi connectivity index (χ2n) is 5.57. The van der Waals surface area contributed by atoms with E-state index in [9.17, 15) is 4.79 Å². The van der Waals surface area contributed by atoms with Gasteiger partial charge < -0.3 is 10.6 Å². The molecule has 3 rings (SSSR count). The number of fused-ring (bicyclic) bond motifs is 1. The first-order valence-electron chi connectivity index (χ1n) is 7.78. The molecule has 2 aliphatic rings. The van der Waals surface area contributed by atoms with Gasteiger partial charge in [-0.2, -0.15) is 11.8 Å². The first-order valence-corrected chi connectivity index (χ1v) is 8.94. The standard InChI is InChI=1S/C16H23N3OS/c20-16(18-7-8-19-9-11-21-12-10-19)14-3-1-5-15-13(14)4-2-6-17-15/h1,3,5,17H,2,4,6-12H2,(H,18,20). The number of nitrogens with one attached hydrogen (secondary N) is 2. The van der Waals surface area contributed by atoms with Crippen LogP contribution < -0.4 is 10.6 Å². The molecule has 21 heavy (non-hydrogen) atoms. The van der Waals surface area contributed by atoms with Crippen molar-refractivity contribution in [3.63, 3.8) is 0 Å². The molecule has 0 atom stereocenters. The van der Waals surface area contributed by atoms with E-state index in [0.29, 0.717) is 0 Å². The van der Waals surface area contributed by atoms with E-state index in [2.05, 4.69) is 21.6 Å². The summed E-state index contributed by atoms with van der Waals surface area (Å²) in [6, 6.07) is 5.98. The van der Waals surface area contributed by atoms with Gasteiger partial charge in [0.05, 0.1) is 0 Å². The Kier molecular flexibility index (Phi) is 5.04. The lowest BCUT2D eigenvalue weighted by Gasteiger charge is -2.26. The van der Waals surface area contributed by atoms with E-state index in [1.54, 1.807) is 0 Å². The number of hydrogen-bond donors (Lipinski definition) is 2. The summed E-state index contributed by atoms with van der Waals surface area (Å²) in [4.78, 5) is 14.8. The number of anilines is 1. The summed E-state index contributed by atoms with van der Waals surface area (Å²) in [6.07, 6.45) is 2.10. The highest BCUT2D eigenvalue weighted by atomic mass is 32.2. The van der Waals surface area contributed by atoms with Gasteiger partial charge in [0.15, 0.2) is 0 Å². The van der Waals surface area contributed by atoms with Crippen LogP contribution in [-0.2, 0) is 6.42 Å². The SMILES string of the molecule is O=C(NCCN1CCSCC1)c1cccc2c1CCCN2. The van der Waals surface area contributed by atoms with Crippen LogP contribution in [0.4, 0.5) is 5.69 Å². The van der Waals surface area contributed by atoms with E-state index in [4.69, 9.17) is 0 Å². The fraction of sp³-hybridized carbons (Fsp3) is 0.562. The average molecular weight is 305 g/mol. The third-order valence-corrected chi connectivity index (χ3v) is 5.10. The molecule has 1 fully saturated rings. The Morgan fingerprint density at radius 3 is 3.05 bits per heavy atom. The highest BCUT2D eigenvalue weighted by molar-refractivity contribution is 7.99. The topological polar surface area (TPSA) is 44.4 Å². The highest BCUT2D eigenvalue weighted by Gasteiger charge is 2.17. The zero-order chi connectivity index (χ0) is 14.5. The molecular weight excluding hydrogens is 282 g/mol. The Morgan fingerprint density at radius 1 is 1.33 bits per heavy atom. The number of amides is 1. The Morgan fingerprint density at radius 2 is 2.19 bits per heavy atom. The van der Waals surface area contributed by atoms with Crippen molar-refractivity contribution in [3.05, 3.63) is 29.3 Å². The van der Waals surface area contributed by atoms with Crippen molar-refractivity contribution < 1.29 is 4.79 Å². The molecule has 5 heteroatoms. The van der Waals surface area contributed by atoms with E-state index in [0.717, 1.165) is 56.8 Å². The number of rotatable bonds is 4.